The van der Waals surface area contributed by atoms with Crippen molar-refractivity contribution >= 4 is 29.5 Å². The minimum atomic E-state index is -1.24. The molecule has 0 aliphatic rings. The molecule has 0 heterocycles. The highest BCUT2D eigenvalue weighted by Crippen LogP contribution is 2.14. The number of carbonyl (C=O) groups is 3. The van der Waals surface area contributed by atoms with E-state index >= 15 is 0 Å². The van der Waals surface area contributed by atoms with Crippen molar-refractivity contribution in [3.8, 4) is 0 Å². The Labute approximate surface area is 120 Å². The van der Waals surface area contributed by atoms with Gasteiger partial charge < -0.3 is 21.1 Å². The Hall–Kier alpha value is -2.28. The first kappa shape index (κ1) is 15.8. The number of nitrogens with one attached hydrogen (secondary N) is 1. The number of rotatable bonds is 6. The van der Waals surface area contributed by atoms with Crippen LogP contribution in [0.25, 0.3) is 0 Å². The maximum absolute atomic E-state index is 11.8. The quantitative estimate of drug-likeness (QED) is 0.706. The summed E-state index contributed by atoms with van der Waals surface area (Å²) in [4.78, 5) is 34.0. The van der Waals surface area contributed by atoms with E-state index in [1.165, 1.54) is 0 Å². The smallest absolute Gasteiger partial charge is 0.323 e. The van der Waals surface area contributed by atoms with E-state index in [0.29, 0.717) is 10.6 Å². The fraction of sp³-hybridized carbons (Fsp3) is 0.250. The van der Waals surface area contributed by atoms with Crippen molar-refractivity contribution in [3.63, 3.8) is 0 Å². The number of primary amides is 1. The van der Waals surface area contributed by atoms with Gasteiger partial charge >= 0.3 is 12.0 Å². The molecule has 0 fully saturated rings. The van der Waals surface area contributed by atoms with Gasteiger partial charge in [-0.1, -0.05) is 29.8 Å². The molecule has 3 amide bonds. The molecule has 0 bridgehead atoms. The van der Waals surface area contributed by atoms with E-state index in [1.807, 2.05) is 0 Å². The van der Waals surface area contributed by atoms with E-state index in [-0.39, 0.29) is 6.54 Å². The van der Waals surface area contributed by atoms with Gasteiger partial charge in [0.15, 0.2) is 0 Å². The summed E-state index contributed by atoms with van der Waals surface area (Å²) in [6.07, 6.45) is 0. The highest BCUT2D eigenvalue weighted by atomic mass is 35.5. The second-order valence-corrected chi connectivity index (χ2v) is 4.37. The Morgan fingerprint density at radius 3 is 2.45 bits per heavy atom. The first-order valence-corrected chi connectivity index (χ1v) is 6.04. The lowest BCUT2D eigenvalue weighted by Crippen LogP contribution is -2.46. The van der Waals surface area contributed by atoms with Crippen molar-refractivity contribution in [2.75, 3.05) is 13.1 Å². The van der Waals surface area contributed by atoms with Gasteiger partial charge in [-0.3, -0.25) is 9.59 Å². The summed E-state index contributed by atoms with van der Waals surface area (Å²) >= 11 is 5.92. The second kappa shape index (κ2) is 7.34. The summed E-state index contributed by atoms with van der Waals surface area (Å²) in [5.74, 6) is -2.03. The van der Waals surface area contributed by atoms with Crippen LogP contribution in [0.5, 0.6) is 0 Å². The lowest BCUT2D eigenvalue weighted by atomic mass is 10.2. The number of halogens is 1. The fourth-order valence-electron chi connectivity index (χ4n) is 1.48. The van der Waals surface area contributed by atoms with Crippen LogP contribution in [0.3, 0.4) is 0 Å². The first-order chi connectivity index (χ1) is 9.40. The monoisotopic (exact) mass is 299 g/mol. The number of nitrogens with zero attached hydrogens (tertiary/aromatic N) is 1. The number of carboxylic acids is 1. The second-order valence-electron chi connectivity index (χ2n) is 3.97. The van der Waals surface area contributed by atoms with E-state index in [2.05, 4.69) is 5.32 Å². The third-order valence-corrected chi connectivity index (χ3v) is 2.72. The molecule has 0 aliphatic carbocycles. The third kappa shape index (κ3) is 5.15. The normalized spacial score (nSPS) is 9.85. The van der Waals surface area contributed by atoms with Crippen molar-refractivity contribution < 1.29 is 19.5 Å². The molecule has 4 N–H and O–H groups in total. The molecule has 20 heavy (non-hydrogen) atoms. The van der Waals surface area contributed by atoms with Crippen LogP contribution in [-0.2, 0) is 16.1 Å². The molecule has 0 aliphatic heterocycles. The number of hydrogen-bond donors (Lipinski definition) is 3. The summed E-state index contributed by atoms with van der Waals surface area (Å²) in [7, 11) is 0. The van der Waals surface area contributed by atoms with Crippen LogP contribution in [0.1, 0.15) is 5.56 Å². The lowest BCUT2D eigenvalue weighted by molar-refractivity contribution is -0.137. The number of carboxylic acid groups (broad SMARTS) is 1. The number of amides is 3. The van der Waals surface area contributed by atoms with Gasteiger partial charge in [0.2, 0.25) is 5.91 Å². The number of hydrogen-bond acceptors (Lipinski definition) is 3. The van der Waals surface area contributed by atoms with Crippen LogP contribution in [0, 0.1) is 0 Å². The van der Waals surface area contributed by atoms with E-state index in [4.69, 9.17) is 22.4 Å². The molecule has 0 radical (unpaired) electrons. The average Bonchev–Trinajstić information content (AvgIpc) is 2.35. The standard InChI is InChI=1S/C12H14ClN3O4/c13-9-4-2-1-3-8(9)5-15-12(20)16(6-10(14)17)7-11(18)19/h1-4H,5-7H2,(H2,14,17)(H,15,20)(H,18,19). The van der Waals surface area contributed by atoms with Crippen LogP contribution < -0.4 is 11.1 Å². The molecule has 0 spiro atoms. The van der Waals surface area contributed by atoms with Gasteiger partial charge in [-0.2, -0.15) is 0 Å². The number of aliphatic carboxylic acids is 1. The molecule has 0 saturated heterocycles. The molecule has 7 nitrogen and oxygen atoms in total. The Morgan fingerprint density at radius 2 is 1.90 bits per heavy atom. The van der Waals surface area contributed by atoms with Crippen molar-refractivity contribution in [1.29, 1.82) is 0 Å². The molecule has 0 saturated carbocycles. The van der Waals surface area contributed by atoms with Gasteiger partial charge in [-0.15, -0.1) is 0 Å². The maximum Gasteiger partial charge on any atom is 0.323 e. The van der Waals surface area contributed by atoms with E-state index < -0.39 is 31.0 Å². The lowest BCUT2D eigenvalue weighted by Gasteiger charge is -2.19. The molecule has 1 rings (SSSR count). The Bertz CT molecular complexity index is 505. The van der Waals surface area contributed by atoms with Gasteiger partial charge in [0.1, 0.15) is 13.1 Å². The summed E-state index contributed by atoms with van der Waals surface area (Å²) < 4.78 is 0. The van der Waals surface area contributed by atoms with Gasteiger partial charge in [-0.05, 0) is 11.6 Å². The number of benzene rings is 1. The number of nitrogens with two attached hydrogens (primary N) is 1. The SMILES string of the molecule is NC(=O)CN(CC(=O)O)C(=O)NCc1ccccc1Cl. The molecular weight excluding hydrogens is 286 g/mol. The van der Waals surface area contributed by atoms with Gasteiger partial charge in [0.05, 0.1) is 0 Å². The highest BCUT2D eigenvalue weighted by Gasteiger charge is 2.18. The van der Waals surface area contributed by atoms with Crippen LogP contribution >= 0.6 is 11.6 Å². The molecule has 0 aromatic heterocycles. The minimum absolute atomic E-state index is 0.118. The molecule has 0 atom stereocenters. The highest BCUT2D eigenvalue weighted by molar-refractivity contribution is 6.31. The Balaban J connectivity index is 2.64. The Kier molecular flexibility index (Phi) is 5.79. The molecular formula is C12H14ClN3O4. The van der Waals surface area contributed by atoms with Crippen LogP contribution in [0.4, 0.5) is 4.79 Å². The van der Waals surface area contributed by atoms with Crippen molar-refractivity contribution in [1.82, 2.24) is 10.2 Å². The molecule has 1 aromatic carbocycles. The van der Waals surface area contributed by atoms with Crippen LogP contribution in [-0.4, -0.2) is 41.0 Å². The summed E-state index contributed by atoms with van der Waals surface area (Å²) in [6, 6.07) is 6.19. The zero-order valence-corrected chi connectivity index (χ0v) is 11.3. The van der Waals surface area contributed by atoms with E-state index in [1.54, 1.807) is 24.3 Å². The van der Waals surface area contributed by atoms with Crippen LogP contribution in [0.2, 0.25) is 5.02 Å². The van der Waals surface area contributed by atoms with Crippen molar-refractivity contribution in [2.24, 2.45) is 5.73 Å². The summed E-state index contributed by atoms with van der Waals surface area (Å²) in [5.41, 5.74) is 5.64. The predicted octanol–water partition coefficient (Wildman–Crippen LogP) is 0.422. The van der Waals surface area contributed by atoms with Gasteiger partial charge in [0, 0.05) is 11.6 Å². The summed E-state index contributed by atoms with van der Waals surface area (Å²) in [5, 5.41) is 11.6. The number of carbonyl (C=O) groups excluding carboxylic acids is 2. The minimum Gasteiger partial charge on any atom is -0.480 e. The Morgan fingerprint density at radius 1 is 1.25 bits per heavy atom. The topological polar surface area (TPSA) is 113 Å². The predicted molar refractivity (Wildman–Crippen MR) is 72.1 cm³/mol. The van der Waals surface area contributed by atoms with Crippen LogP contribution in [0.15, 0.2) is 24.3 Å². The molecule has 8 heteroatoms. The number of urea groups is 1. The third-order valence-electron chi connectivity index (χ3n) is 2.35. The zero-order chi connectivity index (χ0) is 15.1. The molecule has 1 aromatic rings. The van der Waals surface area contributed by atoms with E-state index in [0.717, 1.165) is 4.90 Å². The van der Waals surface area contributed by atoms with Crippen molar-refractivity contribution in [2.45, 2.75) is 6.54 Å². The first-order valence-electron chi connectivity index (χ1n) is 5.66. The fourth-order valence-corrected chi connectivity index (χ4v) is 1.68. The molecule has 108 valence electrons. The molecule has 0 unspecified atom stereocenters. The van der Waals surface area contributed by atoms with E-state index in [9.17, 15) is 14.4 Å². The summed E-state index contributed by atoms with van der Waals surface area (Å²) in [6.45, 7) is -0.967. The van der Waals surface area contributed by atoms with Crippen molar-refractivity contribution in [3.05, 3.63) is 34.9 Å². The largest absolute Gasteiger partial charge is 0.480 e. The average molecular weight is 300 g/mol. The van der Waals surface area contributed by atoms with Gasteiger partial charge in [-0.25, -0.2) is 4.79 Å². The zero-order valence-electron chi connectivity index (χ0n) is 10.5. The van der Waals surface area contributed by atoms with Gasteiger partial charge in [0.25, 0.3) is 0 Å². The maximum atomic E-state index is 11.8.